The van der Waals surface area contributed by atoms with Gasteiger partial charge in [-0.15, -0.1) is 0 Å². The summed E-state index contributed by atoms with van der Waals surface area (Å²) in [5.41, 5.74) is 0.492. The zero-order valence-electron chi connectivity index (χ0n) is 18.9. The number of piperidine rings is 2. The summed E-state index contributed by atoms with van der Waals surface area (Å²) in [4.78, 5) is 12.5. The van der Waals surface area contributed by atoms with Gasteiger partial charge >= 0.3 is 0 Å². The van der Waals surface area contributed by atoms with Crippen LogP contribution in [-0.2, 0) is 20.0 Å². The molecule has 3 aliphatic heterocycles. The molecule has 1 N–H and O–H groups in total. The van der Waals surface area contributed by atoms with Crippen molar-refractivity contribution in [1.82, 2.24) is 8.61 Å². The van der Waals surface area contributed by atoms with E-state index in [-0.39, 0.29) is 15.5 Å². The minimum Gasteiger partial charge on any atom is -0.320 e. The number of carbonyl (C=O) groups excluding carboxylic acids is 1. The summed E-state index contributed by atoms with van der Waals surface area (Å²) in [5, 5.41) is 3.46. The minimum absolute atomic E-state index is 0.0434. The van der Waals surface area contributed by atoms with Gasteiger partial charge in [0.05, 0.1) is 10.6 Å². The summed E-state index contributed by atoms with van der Waals surface area (Å²) in [6, 6.07) is 6.17. The number of sulfonamides is 2. The van der Waals surface area contributed by atoms with E-state index in [1.807, 2.05) is 0 Å². The zero-order valence-corrected chi connectivity index (χ0v) is 20.5. The van der Waals surface area contributed by atoms with E-state index in [9.17, 15) is 21.6 Å². The largest absolute Gasteiger partial charge is 0.320 e. The number of hydrogen-bond donors (Lipinski definition) is 1. The van der Waals surface area contributed by atoms with Crippen molar-refractivity contribution >= 4 is 42.4 Å². The first-order valence-electron chi connectivity index (χ1n) is 11.5. The molecule has 0 saturated carbocycles. The Bertz CT molecular complexity index is 1340. The van der Waals surface area contributed by atoms with Crippen molar-refractivity contribution in [3.05, 3.63) is 29.8 Å². The molecule has 8 nitrogen and oxygen atoms in total. The van der Waals surface area contributed by atoms with Crippen LogP contribution in [-0.4, -0.2) is 57.5 Å². The number of hydrogen-bond acceptors (Lipinski definition) is 5. The third kappa shape index (κ3) is 3.67. The predicted molar refractivity (Wildman–Crippen MR) is 126 cm³/mol. The fraction of sp³-hybridized carbons (Fsp3) is 0.522. The molecular weight excluding hydrogens is 462 g/mol. The van der Waals surface area contributed by atoms with Gasteiger partial charge < -0.3 is 5.32 Å². The van der Waals surface area contributed by atoms with Crippen molar-refractivity contribution in [2.75, 3.05) is 31.5 Å². The van der Waals surface area contributed by atoms with E-state index in [2.05, 4.69) is 19.2 Å². The molecule has 0 radical (unpaired) electrons. The molecule has 2 saturated heterocycles. The van der Waals surface area contributed by atoms with Gasteiger partial charge in [-0.3, -0.25) is 4.79 Å². The third-order valence-corrected chi connectivity index (χ3v) is 11.2. The van der Waals surface area contributed by atoms with E-state index in [0.717, 1.165) is 25.7 Å². The second-order valence-electron chi connectivity index (χ2n) is 9.60. The van der Waals surface area contributed by atoms with Gasteiger partial charge in [0, 0.05) is 42.5 Å². The Labute approximate surface area is 195 Å². The molecule has 0 spiro atoms. The molecule has 0 aliphatic carbocycles. The Morgan fingerprint density at radius 3 is 1.88 bits per heavy atom. The van der Waals surface area contributed by atoms with Crippen LogP contribution in [0.2, 0.25) is 0 Å². The van der Waals surface area contributed by atoms with Crippen LogP contribution in [0.3, 0.4) is 0 Å². The maximum atomic E-state index is 13.7. The van der Waals surface area contributed by atoms with Crippen LogP contribution in [0.25, 0.3) is 10.8 Å². The maximum Gasteiger partial charge on any atom is 0.256 e. The SMILES string of the molecule is CC1CCN(S(=O)(=O)c2cc(S(=O)(=O)N3CCC(C)CC3)c3cccc4c3c2NC4=O)CC1. The molecule has 10 heteroatoms. The highest BCUT2D eigenvalue weighted by Crippen LogP contribution is 2.43. The molecule has 3 heterocycles. The monoisotopic (exact) mass is 491 g/mol. The zero-order chi connectivity index (χ0) is 23.5. The van der Waals surface area contributed by atoms with Crippen LogP contribution in [0.1, 0.15) is 49.9 Å². The molecule has 0 atom stereocenters. The summed E-state index contributed by atoms with van der Waals surface area (Å²) in [6.45, 7) is 5.75. The van der Waals surface area contributed by atoms with Gasteiger partial charge in [0.25, 0.3) is 5.91 Å². The lowest BCUT2D eigenvalue weighted by molar-refractivity contribution is 0.103. The Morgan fingerprint density at radius 1 is 0.818 bits per heavy atom. The number of amides is 1. The molecule has 3 aliphatic rings. The van der Waals surface area contributed by atoms with E-state index in [4.69, 9.17) is 0 Å². The third-order valence-electron chi connectivity index (χ3n) is 7.29. The molecule has 2 aromatic carbocycles. The molecule has 0 aromatic heterocycles. The van der Waals surface area contributed by atoms with Gasteiger partial charge in [-0.25, -0.2) is 16.8 Å². The summed E-state index contributed by atoms with van der Waals surface area (Å²) in [5.74, 6) is 0.469. The molecule has 0 bridgehead atoms. The highest BCUT2D eigenvalue weighted by molar-refractivity contribution is 7.90. The standard InChI is InChI=1S/C23H29N3O5S2/c1-15-6-10-25(11-7-15)32(28,29)19-14-20(33(30,31)26-12-8-16(2)9-13-26)22-21-17(19)4-3-5-18(21)23(27)24-22/h3-5,14-16H,6-13H2,1-2H3,(H,24,27). The number of rotatable bonds is 4. The molecule has 33 heavy (non-hydrogen) atoms. The lowest BCUT2D eigenvalue weighted by atomic mass is 10.0. The average Bonchev–Trinajstić information content (AvgIpc) is 3.12. The van der Waals surface area contributed by atoms with E-state index >= 15 is 0 Å². The Balaban J connectivity index is 1.71. The Hall–Kier alpha value is -2.01. The van der Waals surface area contributed by atoms with Gasteiger partial charge in [0.15, 0.2) is 0 Å². The Morgan fingerprint density at radius 2 is 1.33 bits per heavy atom. The van der Waals surface area contributed by atoms with Crippen LogP contribution in [0.5, 0.6) is 0 Å². The quantitative estimate of drug-likeness (QED) is 0.707. The summed E-state index contributed by atoms with van der Waals surface area (Å²) in [6.07, 6.45) is 3.02. The first-order valence-corrected chi connectivity index (χ1v) is 14.4. The highest BCUT2D eigenvalue weighted by Gasteiger charge is 2.38. The van der Waals surface area contributed by atoms with Crippen molar-refractivity contribution in [3.63, 3.8) is 0 Å². The average molecular weight is 492 g/mol. The number of anilines is 1. The second-order valence-corrected chi connectivity index (χ2v) is 13.4. The lowest BCUT2D eigenvalue weighted by Crippen LogP contribution is -2.39. The second kappa shape index (κ2) is 8.04. The highest BCUT2D eigenvalue weighted by atomic mass is 32.2. The number of nitrogens with zero attached hydrogens (tertiary/aromatic N) is 2. The fourth-order valence-corrected chi connectivity index (χ4v) is 8.47. The summed E-state index contributed by atoms with van der Waals surface area (Å²) >= 11 is 0. The van der Waals surface area contributed by atoms with Crippen LogP contribution in [0.15, 0.2) is 34.1 Å². The topological polar surface area (TPSA) is 104 Å². The minimum atomic E-state index is -4.00. The molecule has 2 aromatic rings. The molecular formula is C23H29N3O5S2. The first kappa shape index (κ1) is 22.8. The van der Waals surface area contributed by atoms with Gasteiger partial charge in [-0.2, -0.15) is 8.61 Å². The smallest absolute Gasteiger partial charge is 0.256 e. The van der Waals surface area contributed by atoms with Crippen molar-refractivity contribution in [2.45, 2.75) is 49.3 Å². The maximum absolute atomic E-state index is 13.7. The summed E-state index contributed by atoms with van der Waals surface area (Å²) < 4.78 is 57.8. The van der Waals surface area contributed by atoms with Crippen molar-refractivity contribution in [3.8, 4) is 0 Å². The van der Waals surface area contributed by atoms with Gasteiger partial charge in [0.2, 0.25) is 20.0 Å². The van der Waals surface area contributed by atoms with E-state index < -0.39 is 26.0 Å². The van der Waals surface area contributed by atoms with Crippen LogP contribution >= 0.6 is 0 Å². The van der Waals surface area contributed by atoms with Crippen molar-refractivity contribution < 1.29 is 21.6 Å². The number of benzene rings is 2. The van der Waals surface area contributed by atoms with Crippen molar-refractivity contribution in [2.24, 2.45) is 11.8 Å². The fourth-order valence-electron chi connectivity index (χ4n) is 5.06. The molecule has 0 unspecified atom stereocenters. The molecule has 178 valence electrons. The molecule has 1 amide bonds. The van der Waals surface area contributed by atoms with Crippen LogP contribution < -0.4 is 5.32 Å². The normalized spacial score (nSPS) is 21.6. The van der Waals surface area contributed by atoms with E-state index in [1.54, 1.807) is 18.2 Å². The number of nitrogens with one attached hydrogen (secondary N) is 1. The van der Waals surface area contributed by atoms with E-state index in [0.29, 0.717) is 54.4 Å². The predicted octanol–water partition coefficient (Wildman–Crippen LogP) is 3.25. The Kier molecular flexibility index (Phi) is 5.55. The molecule has 5 rings (SSSR count). The van der Waals surface area contributed by atoms with Gasteiger partial charge in [0.1, 0.15) is 4.90 Å². The first-order chi connectivity index (χ1) is 15.6. The van der Waals surface area contributed by atoms with Crippen LogP contribution in [0, 0.1) is 11.8 Å². The molecule has 2 fully saturated rings. The van der Waals surface area contributed by atoms with E-state index in [1.165, 1.54) is 14.7 Å². The van der Waals surface area contributed by atoms with Gasteiger partial charge in [-0.05, 0) is 49.7 Å². The summed E-state index contributed by atoms with van der Waals surface area (Å²) in [7, 11) is -7.94. The van der Waals surface area contributed by atoms with Crippen LogP contribution in [0.4, 0.5) is 5.69 Å². The number of carbonyl (C=O) groups is 1. The lowest BCUT2D eigenvalue weighted by Gasteiger charge is -2.31. The van der Waals surface area contributed by atoms with Gasteiger partial charge in [-0.1, -0.05) is 26.0 Å². The van der Waals surface area contributed by atoms with Crippen molar-refractivity contribution in [1.29, 1.82) is 0 Å².